The summed E-state index contributed by atoms with van der Waals surface area (Å²) < 4.78 is 11.0. The topological polar surface area (TPSA) is 55.6 Å². The molecule has 140 valence electrons. The lowest BCUT2D eigenvalue weighted by molar-refractivity contribution is 0.0739. The number of nitrogens with zero attached hydrogens (tertiary/aromatic N) is 2. The molecule has 2 aromatic heterocycles. The van der Waals surface area contributed by atoms with E-state index in [4.69, 9.17) is 9.15 Å². The van der Waals surface area contributed by atoms with E-state index >= 15 is 0 Å². The third-order valence-corrected chi connectivity index (χ3v) is 6.09. The molecule has 1 aliphatic heterocycles. The number of amides is 1. The Morgan fingerprint density at radius 1 is 1.30 bits per heavy atom. The van der Waals surface area contributed by atoms with Gasteiger partial charge >= 0.3 is 0 Å². The second kappa shape index (κ2) is 7.19. The number of thiazole rings is 1. The molecule has 0 saturated carbocycles. The molecular weight excluding hydrogens is 360 g/mol. The van der Waals surface area contributed by atoms with Crippen molar-refractivity contribution in [3.8, 4) is 16.5 Å². The predicted octanol–water partition coefficient (Wildman–Crippen LogP) is 5.01. The number of carbonyl (C=O) groups is 1. The number of hydrogen-bond acceptors (Lipinski definition) is 5. The first-order valence-electron chi connectivity index (χ1n) is 9.06. The molecule has 0 unspecified atom stereocenters. The number of furan rings is 1. The standard InChI is InChI=1S/C21H22N2O3S/c1-13-9-10-18(26-13)20-22-14(2)19(27-20)21(24)23-11-5-8-17(23)15-6-4-7-16(12-15)25-3/h4,6-7,9-10,12,17H,5,8,11H2,1-3H3/t17-/m1/s1. The van der Waals surface area contributed by atoms with Gasteiger partial charge in [-0.05, 0) is 56.5 Å². The summed E-state index contributed by atoms with van der Waals surface area (Å²) in [4.78, 5) is 20.5. The Hall–Kier alpha value is -2.60. The maximum absolute atomic E-state index is 13.3. The van der Waals surface area contributed by atoms with Crippen molar-refractivity contribution < 1.29 is 13.9 Å². The van der Waals surface area contributed by atoms with E-state index < -0.39 is 0 Å². The van der Waals surface area contributed by atoms with Crippen LogP contribution in [0.15, 0.2) is 40.8 Å². The van der Waals surface area contributed by atoms with E-state index in [2.05, 4.69) is 11.1 Å². The predicted molar refractivity (Wildman–Crippen MR) is 105 cm³/mol. The molecule has 4 rings (SSSR count). The van der Waals surface area contributed by atoms with Gasteiger partial charge in [-0.25, -0.2) is 4.98 Å². The number of methoxy groups -OCH3 is 1. The van der Waals surface area contributed by atoms with E-state index in [9.17, 15) is 4.79 Å². The normalized spacial score (nSPS) is 16.7. The second-order valence-electron chi connectivity index (χ2n) is 6.78. The highest BCUT2D eigenvalue weighted by molar-refractivity contribution is 7.17. The van der Waals surface area contributed by atoms with Gasteiger partial charge in [0.25, 0.3) is 5.91 Å². The van der Waals surface area contributed by atoms with Crippen LogP contribution in [0.5, 0.6) is 5.75 Å². The highest BCUT2D eigenvalue weighted by atomic mass is 32.1. The molecule has 1 atom stereocenters. The van der Waals surface area contributed by atoms with Crippen molar-refractivity contribution in [3.63, 3.8) is 0 Å². The average molecular weight is 382 g/mol. The van der Waals surface area contributed by atoms with Crippen LogP contribution in [0.25, 0.3) is 10.8 Å². The fourth-order valence-corrected chi connectivity index (χ4v) is 4.57. The van der Waals surface area contributed by atoms with Crippen LogP contribution in [-0.4, -0.2) is 29.4 Å². The number of likely N-dealkylation sites (tertiary alicyclic amines) is 1. The first-order chi connectivity index (χ1) is 13.1. The molecule has 0 bridgehead atoms. The molecule has 1 aromatic carbocycles. The summed E-state index contributed by atoms with van der Waals surface area (Å²) in [6.07, 6.45) is 1.96. The zero-order chi connectivity index (χ0) is 19.0. The van der Waals surface area contributed by atoms with E-state index in [0.29, 0.717) is 10.6 Å². The number of benzene rings is 1. The fourth-order valence-electron chi connectivity index (χ4n) is 3.59. The average Bonchev–Trinajstić information content (AvgIpc) is 3.40. The Balaban J connectivity index is 1.62. The van der Waals surface area contributed by atoms with E-state index in [0.717, 1.165) is 47.2 Å². The van der Waals surface area contributed by atoms with Crippen molar-refractivity contribution in [3.05, 3.63) is 58.3 Å². The van der Waals surface area contributed by atoms with Gasteiger partial charge in [-0.3, -0.25) is 4.79 Å². The molecule has 0 N–H and O–H groups in total. The Bertz CT molecular complexity index is 975. The number of aromatic nitrogens is 1. The number of ether oxygens (including phenoxy) is 1. The number of carbonyl (C=O) groups excluding carboxylic acids is 1. The van der Waals surface area contributed by atoms with Gasteiger partial charge in [0.2, 0.25) is 0 Å². The van der Waals surface area contributed by atoms with E-state index in [1.54, 1.807) is 7.11 Å². The minimum Gasteiger partial charge on any atom is -0.497 e. The number of rotatable bonds is 4. The summed E-state index contributed by atoms with van der Waals surface area (Å²) in [5, 5.41) is 0.751. The Kier molecular flexibility index (Phi) is 4.74. The van der Waals surface area contributed by atoms with E-state index in [1.807, 2.05) is 49.1 Å². The zero-order valence-electron chi connectivity index (χ0n) is 15.7. The molecule has 3 aromatic rings. The zero-order valence-corrected chi connectivity index (χ0v) is 16.5. The third kappa shape index (κ3) is 3.37. The van der Waals surface area contributed by atoms with Crippen LogP contribution in [0.4, 0.5) is 0 Å². The second-order valence-corrected chi connectivity index (χ2v) is 7.78. The van der Waals surface area contributed by atoms with Gasteiger partial charge < -0.3 is 14.1 Å². The molecule has 1 saturated heterocycles. The maximum Gasteiger partial charge on any atom is 0.266 e. The summed E-state index contributed by atoms with van der Waals surface area (Å²) in [7, 11) is 1.66. The van der Waals surface area contributed by atoms with Crippen LogP contribution in [0.3, 0.4) is 0 Å². The van der Waals surface area contributed by atoms with E-state index in [1.165, 1.54) is 11.3 Å². The van der Waals surface area contributed by atoms with Crippen LogP contribution in [0.2, 0.25) is 0 Å². The highest BCUT2D eigenvalue weighted by Crippen LogP contribution is 2.37. The Morgan fingerprint density at radius 3 is 2.89 bits per heavy atom. The van der Waals surface area contributed by atoms with Gasteiger partial charge in [-0.2, -0.15) is 0 Å². The number of aryl methyl sites for hydroxylation is 2. The fraction of sp³-hybridized carbons (Fsp3) is 0.333. The third-order valence-electron chi connectivity index (χ3n) is 4.93. The molecule has 27 heavy (non-hydrogen) atoms. The largest absolute Gasteiger partial charge is 0.497 e. The van der Waals surface area contributed by atoms with Gasteiger partial charge in [0.1, 0.15) is 16.4 Å². The molecule has 1 fully saturated rings. The summed E-state index contributed by atoms with van der Waals surface area (Å²) in [6.45, 7) is 4.55. The van der Waals surface area contributed by atoms with E-state index in [-0.39, 0.29) is 11.9 Å². The molecule has 0 aliphatic carbocycles. The van der Waals surface area contributed by atoms with Gasteiger partial charge in [-0.15, -0.1) is 11.3 Å². The summed E-state index contributed by atoms with van der Waals surface area (Å²) in [5.41, 5.74) is 1.87. The van der Waals surface area contributed by atoms with Crippen LogP contribution < -0.4 is 4.74 Å². The summed E-state index contributed by atoms with van der Waals surface area (Å²) in [5.74, 6) is 2.41. The molecule has 3 heterocycles. The first-order valence-corrected chi connectivity index (χ1v) is 9.87. The lowest BCUT2D eigenvalue weighted by Crippen LogP contribution is -2.30. The molecule has 5 nitrogen and oxygen atoms in total. The van der Waals surface area contributed by atoms with Crippen molar-refractivity contribution >= 4 is 17.2 Å². The lowest BCUT2D eigenvalue weighted by atomic mass is 10.0. The van der Waals surface area contributed by atoms with Crippen LogP contribution >= 0.6 is 11.3 Å². The molecule has 1 amide bonds. The van der Waals surface area contributed by atoms with Gasteiger partial charge in [-0.1, -0.05) is 12.1 Å². The van der Waals surface area contributed by atoms with Crippen molar-refractivity contribution in [2.45, 2.75) is 32.7 Å². The maximum atomic E-state index is 13.3. The van der Waals surface area contributed by atoms with Crippen LogP contribution in [0, 0.1) is 13.8 Å². The molecule has 6 heteroatoms. The van der Waals surface area contributed by atoms with Crippen LogP contribution in [-0.2, 0) is 0 Å². The van der Waals surface area contributed by atoms with Gasteiger partial charge in [0.15, 0.2) is 10.8 Å². The molecule has 0 spiro atoms. The molecular formula is C21H22N2O3S. The SMILES string of the molecule is COc1cccc([C@H]2CCCN2C(=O)c2sc(-c3ccc(C)o3)nc2C)c1. The first kappa shape index (κ1) is 17.8. The Labute approximate surface area is 162 Å². The van der Waals surface area contributed by atoms with Crippen molar-refractivity contribution in [2.75, 3.05) is 13.7 Å². The summed E-state index contributed by atoms with van der Waals surface area (Å²) in [6, 6.07) is 11.9. The van der Waals surface area contributed by atoms with Gasteiger partial charge in [0, 0.05) is 6.54 Å². The van der Waals surface area contributed by atoms with Gasteiger partial charge in [0.05, 0.1) is 18.8 Å². The Morgan fingerprint density at radius 2 is 2.15 bits per heavy atom. The van der Waals surface area contributed by atoms with Crippen molar-refractivity contribution in [1.82, 2.24) is 9.88 Å². The molecule has 0 radical (unpaired) electrons. The smallest absolute Gasteiger partial charge is 0.266 e. The number of hydrogen-bond donors (Lipinski definition) is 0. The lowest BCUT2D eigenvalue weighted by Gasteiger charge is -2.25. The quantitative estimate of drug-likeness (QED) is 0.637. The minimum atomic E-state index is 0.0462. The van der Waals surface area contributed by atoms with Crippen molar-refractivity contribution in [2.24, 2.45) is 0 Å². The highest BCUT2D eigenvalue weighted by Gasteiger charge is 2.33. The summed E-state index contributed by atoms with van der Waals surface area (Å²) >= 11 is 1.41. The van der Waals surface area contributed by atoms with Crippen molar-refractivity contribution in [1.29, 1.82) is 0 Å². The minimum absolute atomic E-state index is 0.0462. The van der Waals surface area contributed by atoms with Crippen LogP contribution in [0.1, 0.15) is 45.6 Å². The molecule has 1 aliphatic rings. The monoisotopic (exact) mass is 382 g/mol.